The predicted octanol–water partition coefficient (Wildman–Crippen LogP) is 2.51. The molecule has 4 rings (SSSR count). The Balaban J connectivity index is 1.31. The molecule has 9 heteroatoms. The second kappa shape index (κ2) is 10.8. The third kappa shape index (κ3) is 5.54. The van der Waals surface area contributed by atoms with Crippen molar-refractivity contribution < 1.29 is 19.1 Å². The molecule has 1 N–H and O–H groups in total. The van der Waals surface area contributed by atoms with Crippen molar-refractivity contribution in [2.24, 2.45) is 5.92 Å². The summed E-state index contributed by atoms with van der Waals surface area (Å²) in [5, 5.41) is 7.23. The maximum atomic E-state index is 13.0. The van der Waals surface area contributed by atoms with Crippen molar-refractivity contribution in [2.45, 2.75) is 25.9 Å². The molecule has 1 aromatic heterocycles. The van der Waals surface area contributed by atoms with Gasteiger partial charge < -0.3 is 19.7 Å². The summed E-state index contributed by atoms with van der Waals surface area (Å²) < 4.78 is 12.3. The van der Waals surface area contributed by atoms with Crippen LogP contribution in [0.1, 0.15) is 34.3 Å². The number of likely N-dealkylation sites (tertiary alicyclic amines) is 1. The second-order valence-electron chi connectivity index (χ2n) is 8.25. The van der Waals surface area contributed by atoms with Crippen LogP contribution in [0, 0.1) is 5.92 Å². The highest BCUT2D eigenvalue weighted by molar-refractivity contribution is 5.95. The van der Waals surface area contributed by atoms with Crippen LogP contribution in [0.5, 0.6) is 11.5 Å². The van der Waals surface area contributed by atoms with Crippen molar-refractivity contribution in [3.8, 4) is 11.5 Å². The topological polar surface area (TPSA) is 98.6 Å². The number of benzene rings is 2. The second-order valence-corrected chi connectivity index (χ2v) is 8.25. The van der Waals surface area contributed by atoms with Crippen LogP contribution < -0.4 is 14.8 Å². The Morgan fingerprint density at radius 3 is 2.32 bits per heavy atom. The highest BCUT2D eigenvalue weighted by Gasteiger charge is 2.28. The monoisotopic (exact) mass is 463 g/mol. The normalized spacial score (nSPS) is 14.0. The van der Waals surface area contributed by atoms with E-state index in [2.05, 4.69) is 15.4 Å². The quantitative estimate of drug-likeness (QED) is 0.551. The minimum Gasteiger partial charge on any atom is -0.497 e. The van der Waals surface area contributed by atoms with E-state index in [9.17, 15) is 9.59 Å². The summed E-state index contributed by atoms with van der Waals surface area (Å²) in [4.78, 5) is 31.6. The van der Waals surface area contributed by atoms with Crippen molar-refractivity contribution in [1.29, 1.82) is 0 Å². The molecular formula is C25H29N5O4. The number of amides is 2. The summed E-state index contributed by atoms with van der Waals surface area (Å²) in [5.74, 6) is 0.956. The largest absolute Gasteiger partial charge is 0.497 e. The van der Waals surface area contributed by atoms with E-state index in [0.717, 1.165) is 11.1 Å². The molecule has 1 fully saturated rings. The maximum absolute atomic E-state index is 13.0. The maximum Gasteiger partial charge on any atom is 0.254 e. The molecular weight excluding hydrogens is 434 g/mol. The molecule has 0 radical (unpaired) electrons. The molecule has 1 saturated heterocycles. The van der Waals surface area contributed by atoms with E-state index in [1.54, 1.807) is 48.3 Å². The molecule has 0 saturated carbocycles. The zero-order valence-corrected chi connectivity index (χ0v) is 19.4. The lowest BCUT2D eigenvalue weighted by molar-refractivity contribution is -0.126. The minimum atomic E-state index is -0.119. The van der Waals surface area contributed by atoms with Crippen LogP contribution in [0.3, 0.4) is 0 Å². The standard InChI is InChI=1S/C25H29N5O4/c1-33-22-11-21(12-23(13-22)34-2)25(32)29-9-7-18(8-10-29)24(31)27-14-19-5-3-4-6-20(19)15-30-17-26-16-28-30/h3-6,11-13,16-18H,7-10,14-15H2,1-2H3,(H,27,31). The number of piperidine rings is 1. The lowest BCUT2D eigenvalue weighted by atomic mass is 9.95. The number of nitrogens with one attached hydrogen (secondary N) is 1. The van der Waals surface area contributed by atoms with Gasteiger partial charge in [-0.1, -0.05) is 24.3 Å². The van der Waals surface area contributed by atoms with Crippen LogP contribution in [0.2, 0.25) is 0 Å². The summed E-state index contributed by atoms with van der Waals surface area (Å²) in [6.07, 6.45) is 4.43. The third-order valence-corrected chi connectivity index (χ3v) is 6.12. The van der Waals surface area contributed by atoms with Gasteiger partial charge in [0, 0.05) is 37.2 Å². The third-order valence-electron chi connectivity index (χ3n) is 6.12. The summed E-state index contributed by atoms with van der Waals surface area (Å²) in [7, 11) is 3.11. The number of methoxy groups -OCH3 is 2. The van der Waals surface area contributed by atoms with Gasteiger partial charge in [-0.15, -0.1) is 0 Å². The van der Waals surface area contributed by atoms with Gasteiger partial charge in [0.15, 0.2) is 0 Å². The Bertz CT molecular complexity index is 1100. The van der Waals surface area contributed by atoms with E-state index in [1.807, 2.05) is 24.3 Å². The number of carbonyl (C=O) groups is 2. The van der Waals surface area contributed by atoms with Crippen molar-refractivity contribution >= 4 is 11.8 Å². The molecule has 1 aliphatic heterocycles. The number of aromatic nitrogens is 3. The van der Waals surface area contributed by atoms with Gasteiger partial charge in [-0.05, 0) is 36.1 Å². The van der Waals surface area contributed by atoms with Gasteiger partial charge in [0.05, 0.1) is 20.8 Å². The Labute approximate surface area is 198 Å². The van der Waals surface area contributed by atoms with Crippen molar-refractivity contribution in [3.63, 3.8) is 0 Å². The van der Waals surface area contributed by atoms with Crippen molar-refractivity contribution in [2.75, 3.05) is 27.3 Å². The van der Waals surface area contributed by atoms with E-state index >= 15 is 0 Å². The molecule has 0 bridgehead atoms. The zero-order valence-electron chi connectivity index (χ0n) is 19.4. The summed E-state index contributed by atoms with van der Waals surface area (Å²) in [5.41, 5.74) is 2.65. The van der Waals surface area contributed by atoms with E-state index < -0.39 is 0 Å². The number of rotatable bonds is 8. The number of nitrogens with zero attached hydrogens (tertiary/aromatic N) is 4. The molecule has 0 atom stereocenters. The van der Waals surface area contributed by atoms with Gasteiger partial charge in [-0.2, -0.15) is 5.10 Å². The number of hydrogen-bond donors (Lipinski definition) is 1. The smallest absolute Gasteiger partial charge is 0.254 e. The molecule has 9 nitrogen and oxygen atoms in total. The van der Waals surface area contributed by atoms with E-state index in [1.165, 1.54) is 6.33 Å². The van der Waals surface area contributed by atoms with Crippen molar-refractivity contribution in [1.82, 2.24) is 25.0 Å². The first-order valence-electron chi connectivity index (χ1n) is 11.3. The summed E-state index contributed by atoms with van der Waals surface area (Å²) in [6, 6.07) is 13.1. The van der Waals surface area contributed by atoms with Gasteiger partial charge in [-0.3, -0.25) is 9.59 Å². The minimum absolute atomic E-state index is 0.0192. The molecule has 0 spiro atoms. The fraction of sp³-hybridized carbons (Fsp3) is 0.360. The van der Waals surface area contributed by atoms with Crippen LogP contribution in [0.25, 0.3) is 0 Å². The Morgan fingerprint density at radius 1 is 1.03 bits per heavy atom. The van der Waals surface area contributed by atoms with Gasteiger partial charge >= 0.3 is 0 Å². The van der Waals surface area contributed by atoms with Gasteiger partial charge in [0.25, 0.3) is 5.91 Å². The SMILES string of the molecule is COc1cc(OC)cc(C(=O)N2CCC(C(=O)NCc3ccccc3Cn3cncn3)CC2)c1. The molecule has 34 heavy (non-hydrogen) atoms. The van der Waals surface area contributed by atoms with Crippen molar-refractivity contribution in [3.05, 3.63) is 71.8 Å². The number of carbonyl (C=O) groups excluding carboxylic acids is 2. The zero-order chi connectivity index (χ0) is 23.9. The molecule has 2 amide bonds. The molecule has 0 unspecified atom stereocenters. The molecule has 1 aliphatic rings. The first-order valence-corrected chi connectivity index (χ1v) is 11.3. The lowest BCUT2D eigenvalue weighted by Crippen LogP contribution is -2.43. The molecule has 3 aromatic rings. The van der Waals surface area contributed by atoms with E-state index in [4.69, 9.17) is 9.47 Å². The van der Waals surface area contributed by atoms with Crippen LogP contribution in [0.4, 0.5) is 0 Å². The molecule has 2 aromatic carbocycles. The number of hydrogen-bond acceptors (Lipinski definition) is 6. The van der Waals surface area contributed by atoms with Crippen LogP contribution in [-0.4, -0.2) is 58.8 Å². The first kappa shape index (κ1) is 23.3. The molecule has 178 valence electrons. The Morgan fingerprint density at radius 2 is 1.71 bits per heavy atom. The summed E-state index contributed by atoms with van der Waals surface area (Å²) in [6.45, 7) is 2.10. The average molecular weight is 464 g/mol. The molecule has 2 heterocycles. The van der Waals surface area contributed by atoms with Gasteiger partial charge in [-0.25, -0.2) is 9.67 Å². The van der Waals surface area contributed by atoms with E-state index in [0.29, 0.717) is 56.1 Å². The summed E-state index contributed by atoms with van der Waals surface area (Å²) >= 11 is 0. The van der Waals surface area contributed by atoms with Gasteiger partial charge in [0.1, 0.15) is 24.2 Å². The fourth-order valence-electron chi connectivity index (χ4n) is 4.16. The van der Waals surface area contributed by atoms with Crippen LogP contribution in [0.15, 0.2) is 55.1 Å². The Hall–Kier alpha value is -3.88. The average Bonchev–Trinajstić information content (AvgIpc) is 3.40. The first-order chi connectivity index (χ1) is 16.6. The number of ether oxygens (including phenoxy) is 2. The van der Waals surface area contributed by atoms with Gasteiger partial charge in [0.2, 0.25) is 5.91 Å². The fourth-order valence-corrected chi connectivity index (χ4v) is 4.16. The lowest BCUT2D eigenvalue weighted by Gasteiger charge is -2.31. The predicted molar refractivity (Wildman–Crippen MR) is 126 cm³/mol. The van der Waals surface area contributed by atoms with Crippen LogP contribution >= 0.6 is 0 Å². The Kier molecular flexibility index (Phi) is 7.41. The highest BCUT2D eigenvalue weighted by Crippen LogP contribution is 2.25. The molecule has 0 aliphatic carbocycles. The van der Waals surface area contributed by atoms with Crippen LogP contribution in [-0.2, 0) is 17.9 Å². The van der Waals surface area contributed by atoms with E-state index in [-0.39, 0.29) is 17.7 Å². The highest BCUT2D eigenvalue weighted by atomic mass is 16.5.